The molecule has 1 aromatic heterocycles. The summed E-state index contributed by atoms with van der Waals surface area (Å²) in [5.74, 6) is 1.60. The Balaban J connectivity index is 2.55. The van der Waals surface area contributed by atoms with Gasteiger partial charge in [-0.2, -0.15) is 0 Å². The summed E-state index contributed by atoms with van der Waals surface area (Å²) in [5, 5.41) is 0. The van der Waals surface area contributed by atoms with Crippen LogP contribution in [0.3, 0.4) is 0 Å². The second-order valence-corrected chi connectivity index (χ2v) is 5.02. The van der Waals surface area contributed by atoms with Crippen LogP contribution in [-0.4, -0.2) is 9.55 Å². The summed E-state index contributed by atoms with van der Waals surface area (Å²) in [7, 11) is 0. The SMILES string of the molecule is CCCn1c(C(C)C)nc(-c2cccc(F)c2)c1N. The fourth-order valence-corrected chi connectivity index (χ4v) is 2.23. The predicted octanol–water partition coefficient (Wildman–Crippen LogP) is 3.80. The van der Waals surface area contributed by atoms with E-state index in [0.717, 1.165) is 24.4 Å². The predicted molar refractivity (Wildman–Crippen MR) is 76.4 cm³/mol. The Bertz CT molecular complexity index is 573. The molecule has 1 heterocycles. The Kier molecular flexibility index (Phi) is 3.88. The highest BCUT2D eigenvalue weighted by molar-refractivity contribution is 5.71. The highest BCUT2D eigenvalue weighted by atomic mass is 19.1. The van der Waals surface area contributed by atoms with Crippen LogP contribution in [0, 0.1) is 5.82 Å². The second kappa shape index (κ2) is 5.43. The van der Waals surface area contributed by atoms with E-state index in [4.69, 9.17) is 5.73 Å². The quantitative estimate of drug-likeness (QED) is 0.909. The largest absolute Gasteiger partial charge is 0.383 e. The fraction of sp³-hybridized carbons (Fsp3) is 0.400. The maximum absolute atomic E-state index is 13.3. The molecule has 2 N–H and O–H groups in total. The molecule has 2 aromatic rings. The third-order valence-electron chi connectivity index (χ3n) is 3.10. The number of hydrogen-bond donors (Lipinski definition) is 1. The van der Waals surface area contributed by atoms with Gasteiger partial charge in [-0.15, -0.1) is 0 Å². The monoisotopic (exact) mass is 261 g/mol. The van der Waals surface area contributed by atoms with Crippen LogP contribution in [-0.2, 0) is 6.54 Å². The van der Waals surface area contributed by atoms with Crippen LogP contribution in [0.5, 0.6) is 0 Å². The van der Waals surface area contributed by atoms with E-state index < -0.39 is 0 Å². The smallest absolute Gasteiger partial charge is 0.131 e. The van der Waals surface area contributed by atoms with Crippen molar-refractivity contribution >= 4 is 5.82 Å². The van der Waals surface area contributed by atoms with Crippen LogP contribution < -0.4 is 5.73 Å². The molecule has 0 aliphatic rings. The molecule has 0 aliphatic carbocycles. The molecule has 3 nitrogen and oxygen atoms in total. The minimum atomic E-state index is -0.270. The lowest BCUT2D eigenvalue weighted by molar-refractivity contribution is 0.616. The number of halogens is 1. The van der Waals surface area contributed by atoms with Crippen molar-refractivity contribution in [3.05, 3.63) is 35.9 Å². The summed E-state index contributed by atoms with van der Waals surface area (Å²) in [5.41, 5.74) is 7.60. The van der Waals surface area contributed by atoms with E-state index in [2.05, 4.69) is 25.8 Å². The third kappa shape index (κ3) is 2.62. The first kappa shape index (κ1) is 13.6. The van der Waals surface area contributed by atoms with Gasteiger partial charge in [0, 0.05) is 18.0 Å². The van der Waals surface area contributed by atoms with Crippen LogP contribution in [0.1, 0.15) is 38.9 Å². The molecule has 0 amide bonds. The summed E-state index contributed by atoms with van der Waals surface area (Å²) in [6.45, 7) is 7.11. The van der Waals surface area contributed by atoms with Gasteiger partial charge in [0.05, 0.1) is 0 Å². The third-order valence-corrected chi connectivity index (χ3v) is 3.10. The first-order valence-corrected chi connectivity index (χ1v) is 6.66. The van der Waals surface area contributed by atoms with E-state index in [1.54, 1.807) is 6.07 Å². The van der Waals surface area contributed by atoms with Gasteiger partial charge in [0.1, 0.15) is 23.2 Å². The molecule has 4 heteroatoms. The number of nitrogens with zero attached hydrogens (tertiary/aromatic N) is 2. The zero-order chi connectivity index (χ0) is 14.0. The lowest BCUT2D eigenvalue weighted by Crippen LogP contribution is -2.08. The van der Waals surface area contributed by atoms with Crippen molar-refractivity contribution in [2.24, 2.45) is 0 Å². The van der Waals surface area contributed by atoms with Crippen molar-refractivity contribution in [2.75, 3.05) is 5.73 Å². The van der Waals surface area contributed by atoms with E-state index in [0.29, 0.717) is 11.5 Å². The van der Waals surface area contributed by atoms with Gasteiger partial charge in [-0.25, -0.2) is 9.37 Å². The number of rotatable bonds is 4. The van der Waals surface area contributed by atoms with Crippen LogP contribution in [0.15, 0.2) is 24.3 Å². The van der Waals surface area contributed by atoms with Gasteiger partial charge in [0.25, 0.3) is 0 Å². The highest BCUT2D eigenvalue weighted by Gasteiger charge is 2.17. The maximum atomic E-state index is 13.3. The van der Waals surface area contributed by atoms with Crippen LogP contribution >= 0.6 is 0 Å². The van der Waals surface area contributed by atoms with Crippen LogP contribution in [0.4, 0.5) is 10.2 Å². The molecule has 0 spiro atoms. The van der Waals surface area contributed by atoms with E-state index in [-0.39, 0.29) is 11.7 Å². The molecule has 0 saturated carbocycles. The molecule has 2 rings (SSSR count). The number of anilines is 1. The second-order valence-electron chi connectivity index (χ2n) is 5.02. The summed E-state index contributed by atoms with van der Waals surface area (Å²) in [6, 6.07) is 6.41. The summed E-state index contributed by atoms with van der Waals surface area (Å²) in [6.07, 6.45) is 0.989. The molecule has 0 atom stereocenters. The Hall–Kier alpha value is -1.84. The Morgan fingerprint density at radius 3 is 2.68 bits per heavy atom. The topological polar surface area (TPSA) is 43.8 Å². The van der Waals surface area contributed by atoms with Gasteiger partial charge in [-0.3, -0.25) is 0 Å². The van der Waals surface area contributed by atoms with Crippen molar-refractivity contribution in [3.63, 3.8) is 0 Å². The van der Waals surface area contributed by atoms with Crippen molar-refractivity contribution in [1.29, 1.82) is 0 Å². The summed E-state index contributed by atoms with van der Waals surface area (Å²) < 4.78 is 15.4. The first-order valence-electron chi connectivity index (χ1n) is 6.66. The number of aromatic nitrogens is 2. The van der Waals surface area contributed by atoms with E-state index >= 15 is 0 Å². The first-order chi connectivity index (χ1) is 9.04. The molecule has 19 heavy (non-hydrogen) atoms. The average Bonchev–Trinajstić information content (AvgIpc) is 2.68. The van der Waals surface area contributed by atoms with E-state index in [1.807, 2.05) is 10.6 Å². The zero-order valence-electron chi connectivity index (χ0n) is 11.7. The van der Waals surface area contributed by atoms with Crippen LogP contribution in [0.2, 0.25) is 0 Å². The number of nitrogen functional groups attached to an aromatic ring is 1. The standard InChI is InChI=1S/C15H20FN3/c1-4-8-19-14(17)13(18-15(19)10(2)3)11-6-5-7-12(16)9-11/h5-7,9-10H,4,8,17H2,1-3H3. The van der Waals surface area contributed by atoms with Gasteiger partial charge in [0.2, 0.25) is 0 Å². The lowest BCUT2D eigenvalue weighted by atomic mass is 10.1. The average molecular weight is 261 g/mol. The Labute approximate surface area is 113 Å². The number of nitrogens with two attached hydrogens (primary N) is 1. The van der Waals surface area contributed by atoms with Gasteiger partial charge >= 0.3 is 0 Å². The van der Waals surface area contributed by atoms with Gasteiger partial charge in [0.15, 0.2) is 0 Å². The number of hydrogen-bond acceptors (Lipinski definition) is 2. The molecule has 0 unspecified atom stereocenters. The maximum Gasteiger partial charge on any atom is 0.131 e. The molecular weight excluding hydrogens is 241 g/mol. The van der Waals surface area contributed by atoms with Crippen molar-refractivity contribution in [3.8, 4) is 11.3 Å². The summed E-state index contributed by atoms with van der Waals surface area (Å²) in [4.78, 5) is 4.61. The molecular formula is C15H20FN3. The molecule has 1 aromatic carbocycles. The molecule has 0 saturated heterocycles. The minimum Gasteiger partial charge on any atom is -0.383 e. The number of imidazole rings is 1. The highest BCUT2D eigenvalue weighted by Crippen LogP contribution is 2.29. The Morgan fingerprint density at radius 1 is 1.37 bits per heavy atom. The van der Waals surface area contributed by atoms with Crippen molar-refractivity contribution in [2.45, 2.75) is 39.7 Å². The Morgan fingerprint density at radius 2 is 2.11 bits per heavy atom. The summed E-state index contributed by atoms with van der Waals surface area (Å²) >= 11 is 0. The fourth-order valence-electron chi connectivity index (χ4n) is 2.23. The zero-order valence-corrected chi connectivity index (χ0v) is 11.7. The van der Waals surface area contributed by atoms with Crippen molar-refractivity contribution in [1.82, 2.24) is 9.55 Å². The molecule has 0 aliphatic heterocycles. The molecule has 0 radical (unpaired) electrons. The van der Waals surface area contributed by atoms with Crippen LogP contribution in [0.25, 0.3) is 11.3 Å². The van der Waals surface area contributed by atoms with E-state index in [9.17, 15) is 4.39 Å². The molecule has 102 valence electrons. The van der Waals surface area contributed by atoms with Crippen molar-refractivity contribution < 1.29 is 4.39 Å². The van der Waals surface area contributed by atoms with E-state index in [1.165, 1.54) is 12.1 Å². The van der Waals surface area contributed by atoms with Gasteiger partial charge in [-0.05, 0) is 18.6 Å². The molecule has 0 bridgehead atoms. The van der Waals surface area contributed by atoms with Gasteiger partial charge < -0.3 is 10.3 Å². The van der Waals surface area contributed by atoms with Gasteiger partial charge in [-0.1, -0.05) is 32.9 Å². The normalized spacial score (nSPS) is 11.2. The number of benzene rings is 1. The minimum absolute atomic E-state index is 0.270. The molecule has 0 fully saturated rings. The lowest BCUT2D eigenvalue weighted by Gasteiger charge is -2.10.